The van der Waals surface area contributed by atoms with Crippen LogP contribution in [-0.2, 0) is 6.42 Å². The molecular formula is C28H22N2O2S. The number of nitrogens with zero attached hydrogens (tertiary/aromatic N) is 2. The molecule has 162 valence electrons. The quantitative estimate of drug-likeness (QED) is 0.466. The van der Waals surface area contributed by atoms with Gasteiger partial charge in [0.15, 0.2) is 4.80 Å². The van der Waals surface area contributed by atoms with Gasteiger partial charge in [-0.3, -0.25) is 9.36 Å². The second-order valence-corrected chi connectivity index (χ2v) is 9.31. The van der Waals surface area contributed by atoms with Crippen LogP contribution in [0.3, 0.4) is 0 Å². The minimum Gasteiger partial charge on any atom is -0.497 e. The van der Waals surface area contributed by atoms with Crippen LogP contribution in [0, 0.1) is 0 Å². The maximum atomic E-state index is 13.7. The first-order valence-electron chi connectivity index (χ1n) is 11.0. The maximum absolute atomic E-state index is 13.7. The van der Waals surface area contributed by atoms with Gasteiger partial charge in [0.1, 0.15) is 5.75 Å². The topological polar surface area (TPSA) is 43.6 Å². The number of ether oxygens (including phenoxy) is 1. The lowest BCUT2D eigenvalue weighted by atomic mass is 9.83. The molecule has 0 N–H and O–H groups in total. The molecule has 1 aliphatic heterocycles. The van der Waals surface area contributed by atoms with Gasteiger partial charge in [-0.1, -0.05) is 78.1 Å². The molecular weight excluding hydrogens is 428 g/mol. The first-order valence-corrected chi connectivity index (χ1v) is 11.9. The lowest BCUT2D eigenvalue weighted by molar-refractivity contribution is 0.415. The first-order chi connectivity index (χ1) is 16.2. The van der Waals surface area contributed by atoms with E-state index in [-0.39, 0.29) is 11.6 Å². The molecule has 1 atom stereocenters. The molecule has 0 bridgehead atoms. The molecule has 6 rings (SSSR count). The van der Waals surface area contributed by atoms with Crippen molar-refractivity contribution in [3.8, 4) is 5.75 Å². The zero-order chi connectivity index (χ0) is 22.4. The summed E-state index contributed by atoms with van der Waals surface area (Å²) in [6.45, 7) is 0. The average molecular weight is 451 g/mol. The van der Waals surface area contributed by atoms with Gasteiger partial charge < -0.3 is 4.74 Å². The van der Waals surface area contributed by atoms with Gasteiger partial charge in [0.05, 0.1) is 23.4 Å². The Morgan fingerprint density at radius 3 is 2.52 bits per heavy atom. The number of fused-ring (bicyclic) bond motifs is 3. The molecule has 0 saturated heterocycles. The van der Waals surface area contributed by atoms with Crippen LogP contribution in [0.5, 0.6) is 5.75 Å². The normalized spacial score (nSPS) is 17.1. The Morgan fingerprint density at radius 2 is 1.73 bits per heavy atom. The van der Waals surface area contributed by atoms with Crippen molar-refractivity contribution >= 4 is 23.1 Å². The third kappa shape index (κ3) is 3.36. The van der Waals surface area contributed by atoms with Crippen molar-refractivity contribution in [1.29, 1.82) is 0 Å². The van der Waals surface area contributed by atoms with Gasteiger partial charge in [0.25, 0.3) is 5.56 Å². The molecule has 0 amide bonds. The van der Waals surface area contributed by atoms with Gasteiger partial charge in [-0.2, -0.15) is 0 Å². The lowest BCUT2D eigenvalue weighted by Gasteiger charge is -2.30. The third-order valence-corrected chi connectivity index (χ3v) is 7.38. The summed E-state index contributed by atoms with van der Waals surface area (Å²) in [6, 6.07) is 26.4. The summed E-state index contributed by atoms with van der Waals surface area (Å²) in [7, 11) is 1.65. The van der Waals surface area contributed by atoms with Crippen molar-refractivity contribution in [2.75, 3.05) is 7.11 Å². The highest BCUT2D eigenvalue weighted by Gasteiger charge is 2.32. The van der Waals surface area contributed by atoms with Crippen molar-refractivity contribution in [3.05, 3.63) is 126 Å². The highest BCUT2D eigenvalue weighted by molar-refractivity contribution is 7.07. The molecule has 2 heterocycles. The van der Waals surface area contributed by atoms with Crippen LogP contribution in [0.25, 0.3) is 11.8 Å². The second-order valence-electron chi connectivity index (χ2n) is 8.30. The number of benzene rings is 3. The second kappa shape index (κ2) is 8.01. The van der Waals surface area contributed by atoms with Crippen molar-refractivity contribution in [2.24, 2.45) is 4.99 Å². The number of methoxy groups -OCH3 is 1. The first kappa shape index (κ1) is 19.9. The Kier molecular flexibility index (Phi) is 4.84. The van der Waals surface area contributed by atoms with E-state index in [9.17, 15) is 4.79 Å². The van der Waals surface area contributed by atoms with Crippen molar-refractivity contribution in [2.45, 2.75) is 18.9 Å². The fraction of sp³-hybridized carbons (Fsp3) is 0.143. The molecule has 1 aromatic heterocycles. The summed E-state index contributed by atoms with van der Waals surface area (Å²) in [5.74, 6) is 0.795. The molecule has 3 aromatic carbocycles. The molecule has 0 fully saturated rings. The summed E-state index contributed by atoms with van der Waals surface area (Å²) in [5.41, 5.74) is 6.86. The predicted molar refractivity (Wildman–Crippen MR) is 132 cm³/mol. The highest BCUT2D eigenvalue weighted by atomic mass is 32.1. The number of rotatable bonds is 3. The number of hydrogen-bond acceptors (Lipinski definition) is 4. The van der Waals surface area contributed by atoms with Crippen LogP contribution in [0.1, 0.15) is 34.7 Å². The smallest absolute Gasteiger partial charge is 0.271 e. The Morgan fingerprint density at radius 1 is 0.970 bits per heavy atom. The van der Waals surface area contributed by atoms with Crippen LogP contribution < -0.4 is 19.6 Å². The van der Waals surface area contributed by atoms with Gasteiger partial charge in [-0.05, 0) is 53.3 Å². The number of aromatic nitrogens is 1. The highest BCUT2D eigenvalue weighted by Crippen LogP contribution is 2.41. The van der Waals surface area contributed by atoms with Crippen LogP contribution >= 0.6 is 11.3 Å². The zero-order valence-electron chi connectivity index (χ0n) is 18.2. The van der Waals surface area contributed by atoms with E-state index in [1.54, 1.807) is 7.11 Å². The largest absolute Gasteiger partial charge is 0.497 e. The number of thiazole rings is 1. The number of allylic oxidation sites excluding steroid dienone is 1. The fourth-order valence-electron chi connectivity index (χ4n) is 4.81. The molecule has 5 heteroatoms. The molecule has 0 saturated carbocycles. The van der Waals surface area contributed by atoms with E-state index in [2.05, 4.69) is 36.4 Å². The molecule has 0 spiro atoms. The third-order valence-electron chi connectivity index (χ3n) is 6.40. The lowest BCUT2D eigenvalue weighted by Crippen LogP contribution is -2.38. The van der Waals surface area contributed by atoms with E-state index in [1.807, 2.05) is 53.1 Å². The number of hydrogen-bond donors (Lipinski definition) is 0. The minimum atomic E-state index is -0.135. The molecule has 0 unspecified atom stereocenters. The summed E-state index contributed by atoms with van der Waals surface area (Å²) >= 11 is 1.46. The molecule has 0 radical (unpaired) electrons. The van der Waals surface area contributed by atoms with E-state index >= 15 is 0 Å². The van der Waals surface area contributed by atoms with Crippen LogP contribution in [0.4, 0.5) is 0 Å². The SMILES string of the molecule is COc1ccc(/C=c2\sc3n(c2=O)[C@H](c2ccccc2)C2=C(N=3)c3ccccc3CC2)cc1. The van der Waals surface area contributed by atoms with Crippen molar-refractivity contribution in [3.63, 3.8) is 0 Å². The van der Waals surface area contributed by atoms with E-state index in [0.29, 0.717) is 4.53 Å². The number of aryl methyl sites for hydroxylation is 1. The summed E-state index contributed by atoms with van der Waals surface area (Å²) in [6.07, 6.45) is 3.81. The standard InChI is InChI=1S/C28H22N2O2S/c1-32-21-14-11-18(12-15-21)17-24-27(31)30-26(20-8-3-2-4-9-20)23-16-13-19-7-5-6-10-22(19)25(23)29-28(30)33-24/h2-12,14-15,17,26H,13,16H2,1H3/b24-17-/t26-/m1/s1. The summed E-state index contributed by atoms with van der Waals surface area (Å²) in [5, 5.41) is 0. The maximum Gasteiger partial charge on any atom is 0.271 e. The van der Waals surface area contributed by atoms with Crippen molar-refractivity contribution in [1.82, 2.24) is 4.57 Å². The summed E-state index contributed by atoms with van der Waals surface area (Å²) in [4.78, 5) is 19.5. The van der Waals surface area contributed by atoms with Gasteiger partial charge in [0, 0.05) is 5.56 Å². The predicted octanol–water partition coefficient (Wildman–Crippen LogP) is 4.33. The fourth-order valence-corrected chi connectivity index (χ4v) is 5.81. The van der Waals surface area contributed by atoms with Gasteiger partial charge in [-0.25, -0.2) is 4.99 Å². The van der Waals surface area contributed by atoms with E-state index in [0.717, 1.165) is 40.2 Å². The van der Waals surface area contributed by atoms with E-state index in [4.69, 9.17) is 9.73 Å². The molecule has 4 aromatic rings. The monoisotopic (exact) mass is 450 g/mol. The average Bonchev–Trinajstić information content (AvgIpc) is 3.18. The minimum absolute atomic E-state index is 0.00818. The summed E-state index contributed by atoms with van der Waals surface area (Å²) < 4.78 is 7.84. The Labute approximate surface area is 195 Å². The molecule has 33 heavy (non-hydrogen) atoms. The van der Waals surface area contributed by atoms with E-state index < -0.39 is 0 Å². The van der Waals surface area contributed by atoms with Gasteiger partial charge in [0.2, 0.25) is 0 Å². The molecule has 1 aliphatic carbocycles. The molecule has 2 aliphatic rings. The Balaban J connectivity index is 1.59. The van der Waals surface area contributed by atoms with Crippen LogP contribution in [0.15, 0.2) is 94.2 Å². The van der Waals surface area contributed by atoms with Gasteiger partial charge >= 0.3 is 0 Å². The van der Waals surface area contributed by atoms with Gasteiger partial charge in [-0.15, -0.1) is 0 Å². The zero-order valence-corrected chi connectivity index (χ0v) is 19.0. The molecule has 4 nitrogen and oxygen atoms in total. The van der Waals surface area contributed by atoms with Crippen LogP contribution in [0.2, 0.25) is 0 Å². The van der Waals surface area contributed by atoms with Crippen molar-refractivity contribution < 1.29 is 4.74 Å². The Hall–Kier alpha value is -3.70. The van der Waals surface area contributed by atoms with Crippen LogP contribution in [-0.4, -0.2) is 11.7 Å². The Bertz CT molecular complexity index is 1560. The van der Waals surface area contributed by atoms with E-state index in [1.165, 1.54) is 28.0 Å².